The van der Waals surface area contributed by atoms with Gasteiger partial charge in [0.15, 0.2) is 0 Å². The number of imide groups is 1. The average Bonchev–Trinajstić information content (AvgIpc) is 3.13. The van der Waals surface area contributed by atoms with Gasteiger partial charge in [-0.15, -0.1) is 0 Å². The van der Waals surface area contributed by atoms with Crippen molar-refractivity contribution in [3.8, 4) is 5.75 Å². The molecule has 2 saturated heterocycles. The van der Waals surface area contributed by atoms with Crippen molar-refractivity contribution in [3.05, 3.63) is 34.7 Å². The van der Waals surface area contributed by atoms with Gasteiger partial charge in [-0.2, -0.15) is 11.8 Å². The zero-order valence-corrected chi connectivity index (χ0v) is 15.6. The number of nitrogens with zero attached hydrogens (tertiary/aromatic N) is 1. The molecule has 3 amide bonds. The number of nitrogens with one attached hydrogen (secondary N) is 1. The van der Waals surface area contributed by atoms with E-state index >= 15 is 0 Å². The highest BCUT2D eigenvalue weighted by Gasteiger charge is 2.37. The fraction of sp³-hybridized carbons (Fsp3) is 0.353. The van der Waals surface area contributed by atoms with Crippen LogP contribution in [0.1, 0.15) is 5.56 Å². The van der Waals surface area contributed by atoms with Crippen molar-refractivity contribution < 1.29 is 24.2 Å². The molecule has 0 bridgehead atoms. The predicted molar refractivity (Wildman–Crippen MR) is 101 cm³/mol. The van der Waals surface area contributed by atoms with Crippen LogP contribution in [0.3, 0.4) is 0 Å². The Balaban J connectivity index is 1.68. The minimum absolute atomic E-state index is 0.240. The maximum absolute atomic E-state index is 12.5. The Morgan fingerprint density at radius 2 is 2.15 bits per heavy atom. The lowest BCUT2D eigenvalue weighted by Crippen LogP contribution is -2.47. The lowest BCUT2D eigenvalue weighted by Gasteiger charge is -2.18. The second-order valence-corrected chi connectivity index (χ2v) is 7.86. The van der Waals surface area contributed by atoms with Crippen LogP contribution in [0.2, 0.25) is 0 Å². The Hall–Kier alpha value is -1.97. The van der Waals surface area contributed by atoms with E-state index in [0.29, 0.717) is 22.8 Å². The first kappa shape index (κ1) is 18.8. The van der Waals surface area contributed by atoms with Crippen molar-refractivity contribution in [1.82, 2.24) is 10.2 Å². The van der Waals surface area contributed by atoms with Gasteiger partial charge < -0.3 is 15.2 Å². The van der Waals surface area contributed by atoms with E-state index in [0.717, 1.165) is 16.7 Å². The Morgan fingerprint density at radius 3 is 2.85 bits per heavy atom. The average molecular weight is 394 g/mol. The van der Waals surface area contributed by atoms with Crippen molar-refractivity contribution in [2.24, 2.45) is 0 Å². The van der Waals surface area contributed by atoms with Crippen LogP contribution in [0.4, 0.5) is 4.79 Å². The maximum Gasteiger partial charge on any atom is 0.294 e. The minimum Gasteiger partial charge on any atom is -0.496 e. The van der Waals surface area contributed by atoms with Gasteiger partial charge in [-0.1, -0.05) is 18.2 Å². The van der Waals surface area contributed by atoms with E-state index in [9.17, 15) is 19.5 Å². The summed E-state index contributed by atoms with van der Waals surface area (Å²) in [5, 5.41) is 11.9. The number of rotatable bonds is 5. The first-order valence-corrected chi connectivity index (χ1v) is 9.90. The Labute approximate surface area is 159 Å². The summed E-state index contributed by atoms with van der Waals surface area (Å²) in [5.41, 5.74) is 0.677. The highest BCUT2D eigenvalue weighted by Crippen LogP contribution is 2.33. The molecule has 0 saturated carbocycles. The number of carbonyl (C=O) groups is 3. The Bertz CT molecular complexity index is 767. The first-order chi connectivity index (χ1) is 12.5. The van der Waals surface area contributed by atoms with Crippen molar-refractivity contribution in [2.45, 2.75) is 12.1 Å². The number of amides is 3. The number of para-hydroxylation sites is 1. The molecule has 0 aliphatic carbocycles. The number of ether oxygens (including phenoxy) is 1. The van der Waals surface area contributed by atoms with Gasteiger partial charge in [0, 0.05) is 17.1 Å². The summed E-state index contributed by atoms with van der Waals surface area (Å²) in [5.74, 6) is 0.793. The molecule has 0 spiro atoms. The molecule has 2 N–H and O–H groups in total. The summed E-state index contributed by atoms with van der Waals surface area (Å²) in [6, 6.07) is 6.79. The third-order valence-corrected chi connectivity index (χ3v) is 6.08. The maximum atomic E-state index is 12.5. The van der Waals surface area contributed by atoms with Crippen LogP contribution >= 0.6 is 23.5 Å². The largest absolute Gasteiger partial charge is 0.496 e. The van der Waals surface area contributed by atoms with Gasteiger partial charge in [0.1, 0.15) is 12.3 Å². The molecule has 1 aromatic carbocycles. The van der Waals surface area contributed by atoms with Crippen molar-refractivity contribution in [2.75, 3.05) is 25.2 Å². The summed E-state index contributed by atoms with van der Waals surface area (Å²) in [6.07, 6.45) is 0.975. The van der Waals surface area contributed by atoms with Crippen LogP contribution in [0, 0.1) is 0 Å². The third-order valence-electron chi connectivity index (χ3n) is 4.00. The van der Waals surface area contributed by atoms with Gasteiger partial charge in [-0.05, 0) is 23.9 Å². The minimum atomic E-state index is -0.607. The lowest BCUT2D eigenvalue weighted by atomic mass is 10.2. The highest BCUT2D eigenvalue weighted by atomic mass is 32.2. The van der Waals surface area contributed by atoms with Gasteiger partial charge >= 0.3 is 0 Å². The predicted octanol–water partition coefficient (Wildman–Crippen LogP) is 1.32. The Kier molecular flexibility index (Phi) is 5.90. The number of aliphatic hydroxyl groups is 1. The van der Waals surface area contributed by atoms with Crippen molar-refractivity contribution in [3.63, 3.8) is 0 Å². The first-order valence-electron chi connectivity index (χ1n) is 7.93. The van der Waals surface area contributed by atoms with Crippen LogP contribution in [0.25, 0.3) is 6.08 Å². The quantitative estimate of drug-likeness (QED) is 0.727. The number of hydrogen-bond acceptors (Lipinski definition) is 7. The topological polar surface area (TPSA) is 95.9 Å². The molecule has 7 nitrogen and oxygen atoms in total. The number of hydrogen-bond donors (Lipinski definition) is 2. The fourth-order valence-electron chi connectivity index (χ4n) is 2.64. The van der Waals surface area contributed by atoms with Gasteiger partial charge in [0.2, 0.25) is 5.91 Å². The van der Waals surface area contributed by atoms with Crippen molar-refractivity contribution in [1.29, 1.82) is 0 Å². The summed E-state index contributed by atoms with van der Waals surface area (Å²) in [7, 11) is 1.53. The SMILES string of the molecule is COc1ccccc1/C=C1/SC(=O)N(CC(=O)N[C@@H]2CSC[C@@H]2O)C1=O. The van der Waals surface area contributed by atoms with E-state index in [1.54, 1.807) is 36.0 Å². The van der Waals surface area contributed by atoms with Crippen molar-refractivity contribution >= 4 is 46.7 Å². The molecule has 0 unspecified atom stereocenters. The summed E-state index contributed by atoms with van der Waals surface area (Å²) in [6.45, 7) is -0.359. The second-order valence-electron chi connectivity index (χ2n) is 5.79. The zero-order valence-electron chi connectivity index (χ0n) is 14.0. The number of thioether (sulfide) groups is 2. The molecule has 2 aliphatic heterocycles. The second kappa shape index (κ2) is 8.15. The Morgan fingerprint density at radius 1 is 1.38 bits per heavy atom. The number of aliphatic hydroxyl groups excluding tert-OH is 1. The molecule has 2 aliphatic rings. The van der Waals surface area contributed by atoms with E-state index in [1.807, 2.05) is 6.07 Å². The van der Waals surface area contributed by atoms with Gasteiger partial charge in [0.05, 0.1) is 24.2 Å². The standard InChI is InChI=1S/C17H18N2O5S2/c1-24-13-5-3-2-4-10(13)6-14-16(22)19(17(23)26-14)7-15(21)18-11-8-25-9-12(11)20/h2-6,11-12,20H,7-9H2,1H3,(H,18,21)/b14-6+/t11-,12+/m1/s1. The van der Waals surface area contributed by atoms with Gasteiger partial charge in [-0.25, -0.2) is 0 Å². The molecule has 2 fully saturated rings. The molecule has 3 rings (SSSR count). The smallest absolute Gasteiger partial charge is 0.294 e. The summed E-state index contributed by atoms with van der Waals surface area (Å²) >= 11 is 2.33. The lowest BCUT2D eigenvalue weighted by molar-refractivity contribution is -0.129. The zero-order chi connectivity index (χ0) is 18.7. The highest BCUT2D eigenvalue weighted by molar-refractivity contribution is 8.18. The molecule has 9 heteroatoms. The van der Waals surface area contributed by atoms with Crippen LogP contribution in [-0.4, -0.2) is 64.4 Å². The number of methoxy groups -OCH3 is 1. The van der Waals surface area contributed by atoms with Crippen LogP contribution in [0.5, 0.6) is 5.75 Å². The monoisotopic (exact) mass is 394 g/mol. The van der Waals surface area contributed by atoms with E-state index in [4.69, 9.17) is 4.74 Å². The fourth-order valence-corrected chi connectivity index (χ4v) is 4.64. The molecular weight excluding hydrogens is 376 g/mol. The van der Waals surface area contributed by atoms with Crippen LogP contribution in [0.15, 0.2) is 29.2 Å². The number of carbonyl (C=O) groups excluding carboxylic acids is 3. The van der Waals surface area contributed by atoms with E-state index < -0.39 is 23.2 Å². The van der Waals surface area contributed by atoms with E-state index in [1.165, 1.54) is 7.11 Å². The molecular formula is C17H18N2O5S2. The molecule has 2 atom stereocenters. The van der Waals surface area contributed by atoms with E-state index in [2.05, 4.69) is 5.32 Å². The molecule has 26 heavy (non-hydrogen) atoms. The molecule has 138 valence electrons. The molecule has 0 radical (unpaired) electrons. The molecule has 2 heterocycles. The summed E-state index contributed by atoms with van der Waals surface area (Å²) < 4.78 is 5.24. The van der Waals surface area contributed by atoms with Crippen LogP contribution < -0.4 is 10.1 Å². The number of benzene rings is 1. The normalized spacial score (nSPS) is 24.4. The summed E-state index contributed by atoms with van der Waals surface area (Å²) in [4.78, 5) is 37.9. The van der Waals surface area contributed by atoms with Gasteiger partial charge in [-0.3, -0.25) is 19.3 Å². The molecule has 0 aromatic heterocycles. The van der Waals surface area contributed by atoms with Gasteiger partial charge in [0.25, 0.3) is 11.1 Å². The third kappa shape index (κ3) is 4.05. The van der Waals surface area contributed by atoms with E-state index in [-0.39, 0.29) is 17.5 Å². The molecule has 1 aromatic rings. The van der Waals surface area contributed by atoms with Crippen LogP contribution in [-0.2, 0) is 9.59 Å².